The second kappa shape index (κ2) is 5.68. The summed E-state index contributed by atoms with van der Waals surface area (Å²) in [5.41, 5.74) is 3.85. The Hall–Kier alpha value is -2.95. The number of aryl methyl sites for hydroxylation is 1. The first-order valence-electron chi connectivity index (χ1n) is 7.13. The number of hydrogen-bond donors (Lipinski definition) is 2. The Morgan fingerprint density at radius 3 is 2.43 bits per heavy atom. The van der Waals surface area contributed by atoms with Crippen molar-refractivity contribution in [2.24, 2.45) is 0 Å². The lowest BCUT2D eigenvalue weighted by atomic mass is 10.1. The maximum atomic E-state index is 11.3. The van der Waals surface area contributed by atoms with E-state index in [1.165, 1.54) is 20.3 Å². The molecular weight excluding hydrogens is 294 g/mol. The minimum atomic E-state index is -1.06. The number of ether oxygens (including phenoxy) is 2. The maximum absolute atomic E-state index is 11.3. The molecule has 0 bridgehead atoms. The molecule has 2 aromatic carbocycles. The molecule has 5 nitrogen and oxygen atoms in total. The van der Waals surface area contributed by atoms with Gasteiger partial charge in [-0.25, -0.2) is 4.79 Å². The van der Waals surface area contributed by atoms with Crippen molar-refractivity contribution in [2.45, 2.75) is 6.92 Å². The minimum Gasteiger partial charge on any atom is -0.492 e. The lowest BCUT2D eigenvalue weighted by Crippen LogP contribution is -2.03. The molecule has 0 aliphatic heterocycles. The summed E-state index contributed by atoms with van der Waals surface area (Å²) in [6.45, 7) is 2.03. The van der Waals surface area contributed by atoms with Crippen LogP contribution in [0.5, 0.6) is 11.5 Å². The monoisotopic (exact) mass is 311 g/mol. The lowest BCUT2D eigenvalue weighted by molar-refractivity contribution is 0.0692. The number of carboxylic acid groups (broad SMARTS) is 1. The zero-order chi connectivity index (χ0) is 16.6. The van der Waals surface area contributed by atoms with Gasteiger partial charge in [0.15, 0.2) is 11.5 Å². The highest BCUT2D eigenvalue weighted by Gasteiger charge is 2.21. The van der Waals surface area contributed by atoms with E-state index >= 15 is 0 Å². The molecule has 0 unspecified atom stereocenters. The fraction of sp³-hybridized carbons (Fsp3) is 0.167. The summed E-state index contributed by atoms with van der Waals surface area (Å²) in [5, 5.41) is 10.4. The summed E-state index contributed by atoms with van der Waals surface area (Å²) in [5.74, 6) is -0.443. The Balaban J connectivity index is 2.23. The molecule has 0 amide bonds. The predicted octanol–water partition coefficient (Wildman–Crippen LogP) is 3.86. The Morgan fingerprint density at radius 1 is 1.04 bits per heavy atom. The van der Waals surface area contributed by atoms with E-state index < -0.39 is 5.97 Å². The Bertz CT molecular complexity index is 895. The van der Waals surface area contributed by atoms with Crippen LogP contribution in [0.4, 0.5) is 0 Å². The summed E-state index contributed by atoms with van der Waals surface area (Å²) >= 11 is 0. The van der Waals surface area contributed by atoms with Crippen LogP contribution in [0.2, 0.25) is 0 Å². The van der Waals surface area contributed by atoms with Crippen molar-refractivity contribution in [3.8, 4) is 22.8 Å². The number of H-pyrrole nitrogens is 1. The second-order valence-corrected chi connectivity index (χ2v) is 5.31. The number of aromatic nitrogens is 1. The van der Waals surface area contributed by atoms with E-state index in [0.29, 0.717) is 5.75 Å². The van der Waals surface area contributed by atoms with E-state index in [-0.39, 0.29) is 11.3 Å². The molecule has 0 saturated heterocycles. The molecule has 118 valence electrons. The SMILES string of the molecule is COc1c(C(=O)O)ccc(-c2cc3ccc(C)cc3[nH]2)c1OC. The van der Waals surface area contributed by atoms with E-state index in [0.717, 1.165) is 27.7 Å². The number of fused-ring (bicyclic) bond motifs is 1. The van der Waals surface area contributed by atoms with Gasteiger partial charge in [0.05, 0.1) is 19.9 Å². The van der Waals surface area contributed by atoms with Gasteiger partial charge in [-0.1, -0.05) is 12.1 Å². The molecule has 0 aliphatic rings. The van der Waals surface area contributed by atoms with Crippen LogP contribution >= 0.6 is 0 Å². The number of carboxylic acids is 1. The molecule has 0 atom stereocenters. The third-order valence-electron chi connectivity index (χ3n) is 3.82. The molecule has 0 aliphatic carbocycles. The first kappa shape index (κ1) is 15.0. The van der Waals surface area contributed by atoms with Crippen LogP contribution in [0.25, 0.3) is 22.2 Å². The van der Waals surface area contributed by atoms with Crippen LogP contribution < -0.4 is 9.47 Å². The molecule has 0 saturated carbocycles. The normalized spacial score (nSPS) is 10.7. The van der Waals surface area contributed by atoms with E-state index in [1.54, 1.807) is 6.07 Å². The smallest absolute Gasteiger partial charge is 0.339 e. The van der Waals surface area contributed by atoms with Crippen LogP contribution in [-0.4, -0.2) is 30.3 Å². The molecule has 3 aromatic rings. The summed E-state index contributed by atoms with van der Waals surface area (Å²) in [4.78, 5) is 14.7. The highest BCUT2D eigenvalue weighted by Crippen LogP contribution is 2.41. The van der Waals surface area contributed by atoms with Crippen LogP contribution in [-0.2, 0) is 0 Å². The largest absolute Gasteiger partial charge is 0.492 e. The number of methoxy groups -OCH3 is 2. The maximum Gasteiger partial charge on any atom is 0.339 e. The first-order chi connectivity index (χ1) is 11.0. The lowest BCUT2D eigenvalue weighted by Gasteiger charge is -2.14. The van der Waals surface area contributed by atoms with Crippen LogP contribution in [0.1, 0.15) is 15.9 Å². The molecule has 0 radical (unpaired) electrons. The van der Waals surface area contributed by atoms with Crippen LogP contribution in [0.3, 0.4) is 0 Å². The summed E-state index contributed by atoms with van der Waals surface area (Å²) < 4.78 is 10.7. The van der Waals surface area contributed by atoms with Crippen LogP contribution in [0.15, 0.2) is 36.4 Å². The number of nitrogens with one attached hydrogen (secondary N) is 1. The molecule has 0 fully saturated rings. The van der Waals surface area contributed by atoms with Gasteiger partial charge in [0.2, 0.25) is 0 Å². The van der Waals surface area contributed by atoms with E-state index in [4.69, 9.17) is 9.47 Å². The average Bonchev–Trinajstić information content (AvgIpc) is 2.95. The van der Waals surface area contributed by atoms with Crippen molar-refractivity contribution < 1.29 is 19.4 Å². The predicted molar refractivity (Wildman–Crippen MR) is 88.5 cm³/mol. The van der Waals surface area contributed by atoms with Gasteiger partial charge < -0.3 is 19.6 Å². The number of hydrogen-bond acceptors (Lipinski definition) is 3. The molecule has 0 spiro atoms. The Morgan fingerprint density at radius 2 is 1.78 bits per heavy atom. The van der Waals surface area contributed by atoms with Crippen molar-refractivity contribution >= 4 is 16.9 Å². The van der Waals surface area contributed by atoms with Gasteiger partial charge in [-0.05, 0) is 36.8 Å². The summed E-state index contributed by atoms with van der Waals surface area (Å²) in [6, 6.07) is 11.4. The number of benzene rings is 2. The highest BCUT2D eigenvalue weighted by molar-refractivity contribution is 5.95. The second-order valence-electron chi connectivity index (χ2n) is 5.31. The molecule has 3 rings (SSSR count). The van der Waals surface area contributed by atoms with Gasteiger partial charge in [0.1, 0.15) is 5.56 Å². The molecule has 2 N–H and O–H groups in total. The fourth-order valence-corrected chi connectivity index (χ4v) is 2.73. The van der Waals surface area contributed by atoms with Crippen molar-refractivity contribution in [3.63, 3.8) is 0 Å². The Labute approximate surface area is 133 Å². The third kappa shape index (κ3) is 2.50. The van der Waals surface area contributed by atoms with Crippen molar-refractivity contribution in [2.75, 3.05) is 14.2 Å². The van der Waals surface area contributed by atoms with Gasteiger partial charge in [0, 0.05) is 16.5 Å². The molecule has 1 aromatic heterocycles. The Kier molecular flexibility index (Phi) is 3.70. The van der Waals surface area contributed by atoms with Crippen molar-refractivity contribution in [3.05, 3.63) is 47.5 Å². The molecule has 23 heavy (non-hydrogen) atoms. The van der Waals surface area contributed by atoms with E-state index in [2.05, 4.69) is 11.1 Å². The topological polar surface area (TPSA) is 71.5 Å². The first-order valence-corrected chi connectivity index (χ1v) is 7.13. The molecule has 1 heterocycles. The van der Waals surface area contributed by atoms with Crippen LogP contribution in [0, 0.1) is 6.92 Å². The standard InChI is InChI=1S/C18H17NO4/c1-10-4-5-11-9-15(19-14(11)8-10)12-6-7-13(18(20)21)17(23-3)16(12)22-2/h4-9,19H,1-3H3,(H,20,21). The van der Waals surface area contributed by atoms with Gasteiger partial charge in [-0.2, -0.15) is 0 Å². The highest BCUT2D eigenvalue weighted by atomic mass is 16.5. The molecular formula is C18H17NO4. The fourth-order valence-electron chi connectivity index (χ4n) is 2.73. The van der Waals surface area contributed by atoms with E-state index in [1.807, 2.05) is 25.1 Å². The molecule has 5 heteroatoms. The van der Waals surface area contributed by atoms with E-state index in [9.17, 15) is 9.90 Å². The van der Waals surface area contributed by atoms with Crippen molar-refractivity contribution in [1.29, 1.82) is 0 Å². The van der Waals surface area contributed by atoms with Crippen molar-refractivity contribution in [1.82, 2.24) is 4.98 Å². The van der Waals surface area contributed by atoms with Gasteiger partial charge in [-0.15, -0.1) is 0 Å². The number of aromatic carboxylic acids is 1. The quantitative estimate of drug-likeness (QED) is 0.767. The zero-order valence-electron chi connectivity index (χ0n) is 13.1. The summed E-state index contributed by atoms with van der Waals surface area (Å²) in [7, 11) is 2.93. The minimum absolute atomic E-state index is 0.0695. The van der Waals surface area contributed by atoms with Gasteiger partial charge >= 0.3 is 5.97 Å². The average molecular weight is 311 g/mol. The number of rotatable bonds is 4. The zero-order valence-corrected chi connectivity index (χ0v) is 13.1. The summed E-state index contributed by atoms with van der Waals surface area (Å²) in [6.07, 6.45) is 0. The third-order valence-corrected chi connectivity index (χ3v) is 3.82. The number of carbonyl (C=O) groups is 1. The van der Waals surface area contributed by atoms with Gasteiger partial charge in [-0.3, -0.25) is 0 Å². The van der Waals surface area contributed by atoms with Gasteiger partial charge in [0.25, 0.3) is 0 Å². The number of aromatic amines is 1.